The minimum Gasteiger partial charge on any atom is -0.325 e. The Kier molecular flexibility index (Phi) is 7.49. The molecule has 144 valence electrons. The second-order valence-corrected chi connectivity index (χ2v) is 6.67. The van der Waals surface area contributed by atoms with Crippen LogP contribution in [0.25, 0.3) is 0 Å². The number of para-hydroxylation sites is 1. The molecule has 5 nitrogen and oxygen atoms in total. The monoisotopic (exact) mass is 371 g/mol. The maximum absolute atomic E-state index is 12.9. The van der Waals surface area contributed by atoms with E-state index in [0.29, 0.717) is 11.6 Å². The number of nitrogens with one attached hydrogen (secondary N) is 2. The molecular formula is C21H26FN3O2. The number of rotatable bonds is 8. The largest absolute Gasteiger partial charge is 0.325 e. The van der Waals surface area contributed by atoms with Crippen molar-refractivity contribution < 1.29 is 14.0 Å². The van der Waals surface area contributed by atoms with Gasteiger partial charge < -0.3 is 10.6 Å². The molecule has 2 N–H and O–H groups in total. The number of benzene rings is 2. The Morgan fingerprint density at radius 2 is 1.59 bits per heavy atom. The highest BCUT2D eigenvalue weighted by Crippen LogP contribution is 2.26. The summed E-state index contributed by atoms with van der Waals surface area (Å²) in [5.74, 6) is -0.458. The number of amides is 2. The number of anilines is 2. The number of carbonyl (C=O) groups excluding carboxylic acids is 2. The number of hydrogen-bond acceptors (Lipinski definition) is 3. The van der Waals surface area contributed by atoms with Crippen molar-refractivity contribution in [2.45, 2.75) is 26.2 Å². The van der Waals surface area contributed by atoms with Crippen molar-refractivity contribution in [3.8, 4) is 0 Å². The van der Waals surface area contributed by atoms with E-state index in [9.17, 15) is 14.0 Å². The summed E-state index contributed by atoms with van der Waals surface area (Å²) in [4.78, 5) is 26.0. The third-order valence-corrected chi connectivity index (χ3v) is 4.33. The Morgan fingerprint density at radius 3 is 2.22 bits per heavy atom. The molecule has 6 heteroatoms. The van der Waals surface area contributed by atoms with Crippen molar-refractivity contribution in [2.24, 2.45) is 0 Å². The maximum atomic E-state index is 12.9. The molecule has 0 heterocycles. The first-order valence-electron chi connectivity index (χ1n) is 9.01. The number of carbonyl (C=O) groups is 2. The maximum Gasteiger partial charge on any atom is 0.238 e. The third-order valence-electron chi connectivity index (χ3n) is 4.33. The quantitative estimate of drug-likeness (QED) is 0.741. The Bertz CT molecular complexity index is 777. The molecular weight excluding hydrogens is 345 g/mol. The molecule has 27 heavy (non-hydrogen) atoms. The average Bonchev–Trinajstić information content (AvgIpc) is 2.63. The molecule has 0 spiro atoms. The van der Waals surface area contributed by atoms with Gasteiger partial charge >= 0.3 is 0 Å². The predicted molar refractivity (Wildman–Crippen MR) is 106 cm³/mol. The van der Waals surface area contributed by atoms with E-state index >= 15 is 0 Å². The Labute approximate surface area is 159 Å². The van der Waals surface area contributed by atoms with Gasteiger partial charge in [0.25, 0.3) is 0 Å². The SMILES string of the molecule is CC[C@H](C)c1ccccc1NC(=O)CN(C)CC(=O)Nc1ccc(F)cc1. The van der Waals surface area contributed by atoms with Crippen molar-refractivity contribution in [1.82, 2.24) is 4.90 Å². The van der Waals surface area contributed by atoms with Gasteiger partial charge in [-0.05, 0) is 55.3 Å². The second-order valence-electron chi connectivity index (χ2n) is 6.67. The summed E-state index contributed by atoms with van der Waals surface area (Å²) >= 11 is 0. The van der Waals surface area contributed by atoms with E-state index < -0.39 is 0 Å². The molecule has 0 aromatic heterocycles. The summed E-state index contributed by atoms with van der Waals surface area (Å²) in [6.45, 7) is 4.37. The molecule has 0 aliphatic rings. The van der Waals surface area contributed by atoms with E-state index in [1.54, 1.807) is 11.9 Å². The Balaban J connectivity index is 1.86. The first kappa shape index (κ1) is 20.6. The minimum atomic E-state index is -0.362. The molecule has 2 amide bonds. The third kappa shape index (κ3) is 6.49. The summed E-state index contributed by atoms with van der Waals surface area (Å²) in [5, 5.41) is 5.61. The predicted octanol–water partition coefficient (Wildman–Crippen LogP) is 3.85. The smallest absolute Gasteiger partial charge is 0.238 e. The fourth-order valence-corrected chi connectivity index (χ4v) is 2.73. The van der Waals surface area contributed by atoms with Gasteiger partial charge in [-0.1, -0.05) is 32.0 Å². The zero-order chi connectivity index (χ0) is 19.8. The van der Waals surface area contributed by atoms with Crippen LogP contribution in [0.4, 0.5) is 15.8 Å². The summed E-state index contributed by atoms with van der Waals surface area (Å²) < 4.78 is 12.9. The van der Waals surface area contributed by atoms with Crippen LogP contribution in [0.15, 0.2) is 48.5 Å². The van der Waals surface area contributed by atoms with Crippen molar-refractivity contribution in [3.05, 3.63) is 59.9 Å². The van der Waals surface area contributed by atoms with Gasteiger partial charge in [-0.25, -0.2) is 4.39 Å². The number of hydrogen-bond donors (Lipinski definition) is 2. The summed E-state index contributed by atoms with van der Waals surface area (Å²) in [6, 6.07) is 13.3. The molecule has 2 aromatic rings. The minimum absolute atomic E-state index is 0.0534. The average molecular weight is 371 g/mol. The van der Waals surface area contributed by atoms with Crippen LogP contribution in [0, 0.1) is 5.82 Å². The van der Waals surface area contributed by atoms with Crippen LogP contribution < -0.4 is 10.6 Å². The van der Waals surface area contributed by atoms with E-state index in [2.05, 4.69) is 24.5 Å². The van der Waals surface area contributed by atoms with E-state index in [0.717, 1.165) is 17.7 Å². The van der Waals surface area contributed by atoms with Gasteiger partial charge in [0.05, 0.1) is 13.1 Å². The van der Waals surface area contributed by atoms with E-state index in [-0.39, 0.29) is 30.7 Å². The van der Waals surface area contributed by atoms with Crippen LogP contribution >= 0.6 is 0 Å². The highest BCUT2D eigenvalue weighted by molar-refractivity contribution is 5.95. The first-order valence-corrected chi connectivity index (χ1v) is 9.01. The number of nitrogens with zero attached hydrogens (tertiary/aromatic N) is 1. The van der Waals surface area contributed by atoms with Gasteiger partial charge in [0.15, 0.2) is 0 Å². The Morgan fingerprint density at radius 1 is 1.00 bits per heavy atom. The van der Waals surface area contributed by atoms with Gasteiger partial charge in [-0.3, -0.25) is 14.5 Å². The lowest BCUT2D eigenvalue weighted by Gasteiger charge is -2.18. The zero-order valence-corrected chi connectivity index (χ0v) is 16.0. The molecule has 0 unspecified atom stereocenters. The van der Waals surface area contributed by atoms with Crippen molar-refractivity contribution in [3.63, 3.8) is 0 Å². The van der Waals surface area contributed by atoms with Crippen LogP contribution in [0.3, 0.4) is 0 Å². The topological polar surface area (TPSA) is 61.4 Å². The molecule has 0 aliphatic heterocycles. The summed E-state index contributed by atoms with van der Waals surface area (Å²) in [6.07, 6.45) is 0.982. The van der Waals surface area contributed by atoms with Gasteiger partial charge in [-0.15, -0.1) is 0 Å². The van der Waals surface area contributed by atoms with Crippen LogP contribution in [-0.4, -0.2) is 36.9 Å². The van der Waals surface area contributed by atoms with Gasteiger partial charge in [0.1, 0.15) is 5.82 Å². The van der Waals surface area contributed by atoms with Gasteiger partial charge in [0, 0.05) is 11.4 Å². The van der Waals surface area contributed by atoms with Crippen LogP contribution in [0.5, 0.6) is 0 Å². The molecule has 0 fully saturated rings. The van der Waals surface area contributed by atoms with Crippen LogP contribution in [0.1, 0.15) is 31.7 Å². The van der Waals surface area contributed by atoms with Gasteiger partial charge in [-0.2, -0.15) is 0 Å². The lowest BCUT2D eigenvalue weighted by molar-refractivity contribution is -0.119. The van der Waals surface area contributed by atoms with E-state index in [1.807, 2.05) is 24.3 Å². The Hall–Kier alpha value is -2.73. The van der Waals surface area contributed by atoms with Crippen molar-refractivity contribution in [1.29, 1.82) is 0 Å². The summed E-state index contributed by atoms with van der Waals surface area (Å²) in [7, 11) is 1.70. The molecule has 0 bridgehead atoms. The first-order chi connectivity index (χ1) is 12.9. The molecule has 0 aliphatic carbocycles. The lowest BCUT2D eigenvalue weighted by atomic mass is 9.97. The standard InChI is InChI=1S/C21H26FN3O2/c1-4-15(2)18-7-5-6-8-19(18)24-21(27)14-25(3)13-20(26)23-17-11-9-16(22)10-12-17/h5-12,15H,4,13-14H2,1-3H3,(H,23,26)(H,24,27)/t15-/m0/s1. The highest BCUT2D eigenvalue weighted by Gasteiger charge is 2.14. The molecule has 0 radical (unpaired) electrons. The summed E-state index contributed by atoms with van der Waals surface area (Å²) in [5.41, 5.74) is 2.42. The van der Waals surface area contributed by atoms with Crippen LogP contribution in [0.2, 0.25) is 0 Å². The lowest BCUT2D eigenvalue weighted by Crippen LogP contribution is -2.36. The molecule has 2 aromatic carbocycles. The number of halogens is 1. The second kappa shape index (κ2) is 9.83. The molecule has 1 atom stereocenters. The highest BCUT2D eigenvalue weighted by atomic mass is 19.1. The molecule has 0 saturated heterocycles. The normalized spacial score (nSPS) is 11.9. The number of likely N-dealkylation sites (N-methyl/N-ethyl adjacent to an activating group) is 1. The van der Waals surface area contributed by atoms with Crippen molar-refractivity contribution in [2.75, 3.05) is 30.8 Å². The van der Waals surface area contributed by atoms with E-state index in [1.165, 1.54) is 24.3 Å². The van der Waals surface area contributed by atoms with Crippen LogP contribution in [-0.2, 0) is 9.59 Å². The van der Waals surface area contributed by atoms with E-state index in [4.69, 9.17) is 0 Å². The molecule has 0 saturated carbocycles. The fourth-order valence-electron chi connectivity index (χ4n) is 2.73. The zero-order valence-electron chi connectivity index (χ0n) is 16.0. The fraction of sp³-hybridized carbons (Fsp3) is 0.333. The van der Waals surface area contributed by atoms with Gasteiger partial charge in [0.2, 0.25) is 11.8 Å². The van der Waals surface area contributed by atoms with Crippen molar-refractivity contribution >= 4 is 23.2 Å². The molecule has 2 rings (SSSR count).